The number of hydrogen-bond acceptors (Lipinski definition) is 5. The van der Waals surface area contributed by atoms with Crippen LogP contribution < -0.4 is 15.0 Å². The van der Waals surface area contributed by atoms with Gasteiger partial charge in [0.15, 0.2) is 0 Å². The topological polar surface area (TPSA) is 82.1 Å². The molecule has 7 nitrogen and oxygen atoms in total. The molecule has 1 aromatic carbocycles. The van der Waals surface area contributed by atoms with Gasteiger partial charge in [-0.3, -0.25) is 14.5 Å². The number of piperazine rings is 1. The lowest BCUT2D eigenvalue weighted by atomic mass is 9.82. The summed E-state index contributed by atoms with van der Waals surface area (Å²) in [5, 5.41) is 12.3. The van der Waals surface area contributed by atoms with Crippen LogP contribution in [0.2, 0.25) is 0 Å². The van der Waals surface area contributed by atoms with E-state index < -0.39 is 17.8 Å². The molecule has 3 rings (SSSR count). The molecule has 0 aromatic heterocycles. The third-order valence-corrected chi connectivity index (χ3v) is 5.91. The molecule has 2 N–H and O–H groups in total. The number of ether oxygens (including phenoxy) is 1. The Morgan fingerprint density at radius 2 is 1.80 bits per heavy atom. The van der Waals surface area contributed by atoms with Crippen molar-refractivity contribution in [1.29, 1.82) is 0 Å². The van der Waals surface area contributed by atoms with Crippen molar-refractivity contribution in [2.75, 3.05) is 50.8 Å². The van der Waals surface area contributed by atoms with Crippen LogP contribution in [0.15, 0.2) is 36.4 Å². The molecule has 0 spiro atoms. The summed E-state index contributed by atoms with van der Waals surface area (Å²) in [7, 11) is 0. The molecule has 0 radical (unpaired) electrons. The Morgan fingerprint density at radius 3 is 2.50 bits per heavy atom. The van der Waals surface area contributed by atoms with Crippen molar-refractivity contribution in [1.82, 2.24) is 10.2 Å². The monoisotopic (exact) mass is 415 g/mol. The van der Waals surface area contributed by atoms with Gasteiger partial charge in [-0.1, -0.05) is 24.3 Å². The predicted molar refractivity (Wildman–Crippen MR) is 117 cm³/mol. The fourth-order valence-electron chi connectivity index (χ4n) is 4.23. The summed E-state index contributed by atoms with van der Waals surface area (Å²) in [6, 6.07) is 8.18. The van der Waals surface area contributed by atoms with E-state index in [2.05, 4.69) is 21.2 Å². The Balaban J connectivity index is 1.38. The molecular formula is C23H33N3O4. The predicted octanol–water partition coefficient (Wildman–Crippen LogP) is 2.38. The van der Waals surface area contributed by atoms with Crippen molar-refractivity contribution < 1.29 is 19.4 Å². The minimum Gasteiger partial charge on any atom is -0.492 e. The highest BCUT2D eigenvalue weighted by atomic mass is 16.5. The van der Waals surface area contributed by atoms with Crippen LogP contribution in [0.5, 0.6) is 5.75 Å². The second kappa shape index (κ2) is 11.0. The Kier molecular flexibility index (Phi) is 8.13. The Labute approximate surface area is 178 Å². The van der Waals surface area contributed by atoms with Crippen molar-refractivity contribution in [3.8, 4) is 5.75 Å². The lowest BCUT2D eigenvalue weighted by Gasteiger charge is -2.36. The summed E-state index contributed by atoms with van der Waals surface area (Å²) >= 11 is 0. The number of carbonyl (C=O) groups excluding carboxylic acids is 1. The standard InChI is InChI=1S/C23H33N3O4/c1-2-30-21-11-6-5-10-20(21)26-16-14-25(15-17-26)13-7-12-24-22(27)18-8-3-4-9-19(18)23(28)29/h3-6,10-11,18-19H,2,7-9,12-17H2,1H3,(H,24,27)(H,28,29). The van der Waals surface area contributed by atoms with Crippen LogP contribution >= 0.6 is 0 Å². The summed E-state index contributed by atoms with van der Waals surface area (Å²) in [5.41, 5.74) is 1.15. The molecule has 7 heteroatoms. The highest BCUT2D eigenvalue weighted by molar-refractivity contribution is 5.85. The fourth-order valence-corrected chi connectivity index (χ4v) is 4.23. The number of benzene rings is 1. The number of para-hydroxylation sites is 2. The van der Waals surface area contributed by atoms with E-state index >= 15 is 0 Å². The third kappa shape index (κ3) is 5.75. The number of allylic oxidation sites excluding steroid dienone is 2. The van der Waals surface area contributed by atoms with Gasteiger partial charge < -0.3 is 20.1 Å². The number of carboxylic acids is 1. The smallest absolute Gasteiger partial charge is 0.307 e. The number of carboxylic acid groups (broad SMARTS) is 1. The molecule has 164 valence electrons. The first-order valence-electron chi connectivity index (χ1n) is 10.9. The van der Waals surface area contributed by atoms with Gasteiger partial charge >= 0.3 is 5.97 Å². The van der Waals surface area contributed by atoms with Gasteiger partial charge in [0, 0.05) is 32.7 Å². The largest absolute Gasteiger partial charge is 0.492 e. The van der Waals surface area contributed by atoms with Crippen molar-refractivity contribution in [2.45, 2.75) is 26.2 Å². The van der Waals surface area contributed by atoms with E-state index in [0.29, 0.717) is 26.0 Å². The molecule has 1 aliphatic carbocycles. The van der Waals surface area contributed by atoms with E-state index in [-0.39, 0.29) is 5.91 Å². The molecule has 2 unspecified atom stereocenters. The molecule has 0 bridgehead atoms. The summed E-state index contributed by atoms with van der Waals surface area (Å²) in [4.78, 5) is 28.5. The van der Waals surface area contributed by atoms with E-state index in [1.54, 1.807) is 0 Å². The number of amides is 1. The molecule has 2 atom stereocenters. The maximum atomic E-state index is 12.4. The maximum absolute atomic E-state index is 12.4. The lowest BCUT2D eigenvalue weighted by molar-refractivity contribution is -0.147. The van der Waals surface area contributed by atoms with Crippen LogP contribution in [-0.2, 0) is 9.59 Å². The Hall–Kier alpha value is -2.54. The minimum atomic E-state index is -0.886. The summed E-state index contributed by atoms with van der Waals surface area (Å²) in [5.74, 6) is -1.15. The van der Waals surface area contributed by atoms with Crippen molar-refractivity contribution in [3.63, 3.8) is 0 Å². The second-order valence-electron chi connectivity index (χ2n) is 7.87. The van der Waals surface area contributed by atoms with Gasteiger partial charge in [-0.2, -0.15) is 0 Å². The molecule has 1 aromatic rings. The van der Waals surface area contributed by atoms with Crippen LogP contribution in [0, 0.1) is 11.8 Å². The maximum Gasteiger partial charge on any atom is 0.307 e. The van der Waals surface area contributed by atoms with Crippen molar-refractivity contribution in [2.24, 2.45) is 11.8 Å². The third-order valence-electron chi connectivity index (χ3n) is 5.91. The van der Waals surface area contributed by atoms with Crippen LogP contribution in [0.4, 0.5) is 5.69 Å². The number of aliphatic carboxylic acids is 1. The normalized spacial score (nSPS) is 22.0. The average Bonchev–Trinajstić information content (AvgIpc) is 2.77. The zero-order valence-corrected chi connectivity index (χ0v) is 17.8. The summed E-state index contributed by atoms with van der Waals surface area (Å²) in [6.07, 6.45) is 5.57. The highest BCUT2D eigenvalue weighted by Crippen LogP contribution is 2.29. The fraction of sp³-hybridized carbons (Fsp3) is 0.565. The Bertz CT molecular complexity index is 744. The molecule has 1 aliphatic heterocycles. The highest BCUT2D eigenvalue weighted by Gasteiger charge is 2.33. The number of hydrogen-bond donors (Lipinski definition) is 2. The Morgan fingerprint density at radius 1 is 1.10 bits per heavy atom. The first kappa shape index (κ1) is 22.2. The molecule has 2 aliphatic rings. The van der Waals surface area contributed by atoms with Gasteiger partial charge in [0.1, 0.15) is 5.75 Å². The zero-order valence-electron chi connectivity index (χ0n) is 17.8. The SMILES string of the molecule is CCOc1ccccc1N1CCN(CCCNC(=O)C2CC=CCC2C(=O)O)CC1. The van der Waals surface area contributed by atoms with E-state index in [0.717, 1.165) is 50.6 Å². The number of carbonyl (C=O) groups is 2. The second-order valence-corrected chi connectivity index (χ2v) is 7.87. The summed E-state index contributed by atoms with van der Waals surface area (Å²) < 4.78 is 5.75. The molecule has 1 fully saturated rings. The molecule has 1 amide bonds. The number of anilines is 1. The quantitative estimate of drug-likeness (QED) is 0.476. The van der Waals surface area contributed by atoms with E-state index in [1.165, 1.54) is 0 Å². The van der Waals surface area contributed by atoms with Crippen molar-refractivity contribution >= 4 is 17.6 Å². The lowest BCUT2D eigenvalue weighted by Crippen LogP contribution is -2.47. The number of nitrogens with one attached hydrogen (secondary N) is 1. The van der Waals surface area contributed by atoms with Crippen molar-refractivity contribution in [3.05, 3.63) is 36.4 Å². The van der Waals surface area contributed by atoms with Gasteiger partial charge in [0.05, 0.1) is 24.1 Å². The zero-order chi connectivity index (χ0) is 21.3. The summed E-state index contributed by atoms with van der Waals surface area (Å²) in [6.45, 7) is 8.02. The first-order chi connectivity index (χ1) is 14.6. The average molecular weight is 416 g/mol. The van der Waals surface area contributed by atoms with Crippen LogP contribution in [0.25, 0.3) is 0 Å². The van der Waals surface area contributed by atoms with Crippen LogP contribution in [0.1, 0.15) is 26.2 Å². The number of nitrogens with zero attached hydrogens (tertiary/aromatic N) is 2. The van der Waals surface area contributed by atoms with E-state index in [4.69, 9.17) is 4.74 Å². The van der Waals surface area contributed by atoms with E-state index in [9.17, 15) is 14.7 Å². The van der Waals surface area contributed by atoms with Crippen LogP contribution in [0.3, 0.4) is 0 Å². The van der Waals surface area contributed by atoms with Gasteiger partial charge in [0.25, 0.3) is 0 Å². The molecule has 1 saturated heterocycles. The number of rotatable bonds is 9. The molecular weight excluding hydrogens is 382 g/mol. The first-order valence-corrected chi connectivity index (χ1v) is 10.9. The minimum absolute atomic E-state index is 0.135. The van der Waals surface area contributed by atoms with Gasteiger partial charge in [-0.15, -0.1) is 0 Å². The van der Waals surface area contributed by atoms with Gasteiger partial charge in [-0.25, -0.2) is 0 Å². The van der Waals surface area contributed by atoms with Gasteiger partial charge in [-0.05, 0) is 44.9 Å². The van der Waals surface area contributed by atoms with E-state index in [1.807, 2.05) is 37.3 Å². The molecule has 30 heavy (non-hydrogen) atoms. The molecule has 1 heterocycles. The van der Waals surface area contributed by atoms with Gasteiger partial charge in [0.2, 0.25) is 5.91 Å². The molecule has 0 saturated carbocycles. The van der Waals surface area contributed by atoms with Crippen LogP contribution in [-0.4, -0.2) is 67.8 Å².